The molecule has 4 rings (SSSR count). The van der Waals surface area contributed by atoms with Crippen LogP contribution in [0.15, 0.2) is 59.8 Å². The fraction of sp³-hybridized carbons (Fsp3) is 0.320. The molecule has 0 bridgehead atoms. The van der Waals surface area contributed by atoms with Crippen molar-refractivity contribution in [1.29, 1.82) is 0 Å². The van der Waals surface area contributed by atoms with Crippen molar-refractivity contribution in [3.8, 4) is 0 Å². The maximum Gasteiger partial charge on any atom is 0.337 e. The van der Waals surface area contributed by atoms with Crippen LogP contribution in [0.4, 0.5) is 17.1 Å². The lowest BCUT2D eigenvalue weighted by molar-refractivity contribution is -0.136. The molecule has 35 heavy (non-hydrogen) atoms. The first-order valence-corrected chi connectivity index (χ1v) is 11.3. The minimum atomic E-state index is -0.650. The number of hydrogen-bond donors (Lipinski definition) is 3. The number of rotatable bonds is 8. The van der Waals surface area contributed by atoms with Crippen LogP contribution in [0, 0.1) is 0 Å². The summed E-state index contributed by atoms with van der Waals surface area (Å²) in [5.74, 6) is -1.47. The van der Waals surface area contributed by atoms with Crippen molar-refractivity contribution in [2.45, 2.75) is 0 Å². The molecule has 3 N–H and O–H groups in total. The van der Waals surface area contributed by atoms with Crippen LogP contribution in [-0.2, 0) is 19.1 Å². The first kappa shape index (κ1) is 24.2. The van der Waals surface area contributed by atoms with E-state index >= 15 is 0 Å². The average molecular weight is 481 g/mol. The summed E-state index contributed by atoms with van der Waals surface area (Å²) in [6.07, 6.45) is 0. The number of methoxy groups -OCH3 is 1. The number of anilines is 3. The summed E-state index contributed by atoms with van der Waals surface area (Å²) < 4.78 is 10.3. The molecular formula is C25H28N4O6. The van der Waals surface area contributed by atoms with Gasteiger partial charge in [0.1, 0.15) is 5.70 Å². The predicted octanol–water partition coefficient (Wildman–Crippen LogP) is 1.45. The number of ether oxygens (including phenoxy) is 2. The number of aliphatic hydroxyl groups excluding tert-OH is 1. The molecule has 10 nitrogen and oxygen atoms in total. The van der Waals surface area contributed by atoms with E-state index < -0.39 is 11.9 Å². The summed E-state index contributed by atoms with van der Waals surface area (Å²) in [5, 5.41) is 15.2. The fourth-order valence-corrected chi connectivity index (χ4v) is 4.12. The molecule has 0 aliphatic carbocycles. The highest BCUT2D eigenvalue weighted by Crippen LogP contribution is 2.29. The maximum absolute atomic E-state index is 13.3. The zero-order valence-electron chi connectivity index (χ0n) is 19.5. The second-order valence-corrected chi connectivity index (χ2v) is 8.04. The van der Waals surface area contributed by atoms with E-state index in [0.29, 0.717) is 30.2 Å². The lowest BCUT2D eigenvalue weighted by atomic mass is 10.1. The number of β-amino-alcohol motifs (C(OH)–C–C–N with tert-alkyl or cyclic N) is 1. The van der Waals surface area contributed by atoms with Gasteiger partial charge in [-0.15, -0.1) is 0 Å². The van der Waals surface area contributed by atoms with E-state index in [4.69, 9.17) is 9.47 Å². The highest BCUT2D eigenvalue weighted by atomic mass is 16.5. The monoisotopic (exact) mass is 480 g/mol. The van der Waals surface area contributed by atoms with Gasteiger partial charge >= 0.3 is 5.97 Å². The number of nitrogens with one attached hydrogen (secondary N) is 2. The van der Waals surface area contributed by atoms with Crippen molar-refractivity contribution in [3.05, 3.63) is 65.4 Å². The highest BCUT2D eigenvalue weighted by molar-refractivity contribution is 6.12. The topological polar surface area (TPSA) is 120 Å². The van der Waals surface area contributed by atoms with Crippen LogP contribution >= 0.6 is 0 Å². The summed E-state index contributed by atoms with van der Waals surface area (Å²) in [5.41, 5.74) is 2.39. The molecule has 0 unspecified atom stereocenters. The van der Waals surface area contributed by atoms with Gasteiger partial charge in [-0.1, -0.05) is 24.3 Å². The molecular weight excluding hydrogens is 452 g/mol. The smallest absolute Gasteiger partial charge is 0.337 e. The minimum Gasteiger partial charge on any atom is -0.466 e. The molecule has 0 saturated carbocycles. The largest absolute Gasteiger partial charge is 0.466 e. The normalized spacial score (nSPS) is 15.9. The molecule has 1 saturated heterocycles. The first-order chi connectivity index (χ1) is 17.0. The quantitative estimate of drug-likeness (QED) is 0.486. The maximum atomic E-state index is 13.3. The van der Waals surface area contributed by atoms with E-state index in [1.807, 2.05) is 24.3 Å². The number of amides is 2. The lowest BCUT2D eigenvalue weighted by Crippen LogP contribution is -2.36. The number of benzene rings is 2. The molecule has 2 aliphatic heterocycles. The van der Waals surface area contributed by atoms with Gasteiger partial charge in [0.2, 0.25) is 0 Å². The molecule has 2 aromatic rings. The van der Waals surface area contributed by atoms with Crippen LogP contribution in [-0.4, -0.2) is 80.9 Å². The van der Waals surface area contributed by atoms with Crippen LogP contribution < -0.4 is 15.5 Å². The standard InChI is InChI=1S/C25H28N4O6/c1-34-25(33)18-16-29(10-13-30)24(32)22(18)26-19-7-3-2-6-17(19)23(31)27-20-8-4-5-9-21(20)28-11-14-35-15-12-28/h2-9,26,30H,10-16H2,1H3,(H,27,31). The Morgan fingerprint density at radius 3 is 2.46 bits per heavy atom. The molecule has 2 heterocycles. The van der Waals surface area contributed by atoms with Gasteiger partial charge in [-0.3, -0.25) is 9.59 Å². The fourth-order valence-electron chi connectivity index (χ4n) is 4.12. The minimum absolute atomic E-state index is 0.00961. The summed E-state index contributed by atoms with van der Waals surface area (Å²) in [6.45, 7) is 2.53. The Bertz CT molecular complexity index is 1140. The number of morpholine rings is 1. The van der Waals surface area contributed by atoms with Crippen LogP contribution in [0.5, 0.6) is 0 Å². The van der Waals surface area contributed by atoms with Crippen molar-refractivity contribution in [2.24, 2.45) is 0 Å². The van der Waals surface area contributed by atoms with Crippen molar-refractivity contribution in [1.82, 2.24) is 4.90 Å². The van der Waals surface area contributed by atoms with Gasteiger partial charge in [0.25, 0.3) is 11.8 Å². The van der Waals surface area contributed by atoms with Gasteiger partial charge in [-0.25, -0.2) is 4.79 Å². The second kappa shape index (κ2) is 11.0. The zero-order valence-corrected chi connectivity index (χ0v) is 19.5. The number of nitrogens with zero attached hydrogens (tertiary/aromatic N) is 2. The predicted molar refractivity (Wildman–Crippen MR) is 130 cm³/mol. The molecule has 2 aliphatic rings. The van der Waals surface area contributed by atoms with E-state index in [0.717, 1.165) is 18.8 Å². The van der Waals surface area contributed by atoms with Gasteiger partial charge in [0, 0.05) is 19.6 Å². The molecule has 0 spiro atoms. The van der Waals surface area contributed by atoms with Crippen LogP contribution in [0.2, 0.25) is 0 Å². The van der Waals surface area contributed by atoms with Crippen molar-refractivity contribution < 1.29 is 29.0 Å². The third kappa shape index (κ3) is 5.28. The molecule has 10 heteroatoms. The highest BCUT2D eigenvalue weighted by Gasteiger charge is 2.35. The molecule has 184 valence electrons. The molecule has 0 atom stereocenters. The van der Waals surface area contributed by atoms with Gasteiger partial charge in [0.15, 0.2) is 0 Å². The summed E-state index contributed by atoms with van der Waals surface area (Å²) >= 11 is 0. The molecule has 0 radical (unpaired) electrons. The molecule has 2 amide bonds. The van der Waals surface area contributed by atoms with Gasteiger partial charge in [0.05, 0.1) is 61.7 Å². The lowest BCUT2D eigenvalue weighted by Gasteiger charge is -2.30. The van der Waals surface area contributed by atoms with E-state index in [1.165, 1.54) is 12.0 Å². The molecule has 1 fully saturated rings. The Kier molecular flexibility index (Phi) is 7.64. The van der Waals surface area contributed by atoms with E-state index in [1.54, 1.807) is 24.3 Å². The van der Waals surface area contributed by atoms with Gasteiger partial charge in [-0.05, 0) is 24.3 Å². The van der Waals surface area contributed by atoms with E-state index in [-0.39, 0.29) is 36.9 Å². The SMILES string of the molecule is COC(=O)C1=C(Nc2ccccc2C(=O)Nc2ccccc2N2CCOCC2)C(=O)N(CCO)C1. The molecule has 2 aromatic carbocycles. The Labute approximate surface area is 203 Å². The number of aliphatic hydroxyl groups is 1. The Morgan fingerprint density at radius 1 is 1.06 bits per heavy atom. The third-order valence-electron chi connectivity index (χ3n) is 5.89. The second-order valence-electron chi connectivity index (χ2n) is 8.04. The first-order valence-electron chi connectivity index (χ1n) is 11.3. The Morgan fingerprint density at radius 2 is 1.74 bits per heavy atom. The van der Waals surface area contributed by atoms with E-state index in [2.05, 4.69) is 15.5 Å². The molecule has 0 aromatic heterocycles. The summed E-state index contributed by atoms with van der Waals surface area (Å²) in [4.78, 5) is 42.0. The Hall–Kier alpha value is -3.89. The van der Waals surface area contributed by atoms with Crippen LogP contribution in [0.1, 0.15) is 10.4 Å². The summed E-state index contributed by atoms with van der Waals surface area (Å²) in [6, 6.07) is 14.3. The van der Waals surface area contributed by atoms with E-state index in [9.17, 15) is 19.5 Å². The average Bonchev–Trinajstić information content (AvgIpc) is 3.19. The van der Waals surface area contributed by atoms with Crippen LogP contribution in [0.3, 0.4) is 0 Å². The number of para-hydroxylation sites is 3. The van der Waals surface area contributed by atoms with Crippen molar-refractivity contribution in [2.75, 3.05) is 68.6 Å². The van der Waals surface area contributed by atoms with Gasteiger partial charge < -0.3 is 35.0 Å². The van der Waals surface area contributed by atoms with Gasteiger partial charge in [-0.2, -0.15) is 0 Å². The number of hydrogen-bond acceptors (Lipinski definition) is 8. The number of carbonyl (C=O) groups excluding carboxylic acids is 3. The van der Waals surface area contributed by atoms with Crippen molar-refractivity contribution in [3.63, 3.8) is 0 Å². The Balaban J connectivity index is 1.60. The third-order valence-corrected chi connectivity index (χ3v) is 5.89. The zero-order chi connectivity index (χ0) is 24.8. The van der Waals surface area contributed by atoms with Crippen LogP contribution in [0.25, 0.3) is 0 Å². The summed E-state index contributed by atoms with van der Waals surface area (Å²) in [7, 11) is 1.24. The number of carbonyl (C=O) groups is 3. The number of esters is 1. The van der Waals surface area contributed by atoms with Crippen molar-refractivity contribution >= 4 is 34.8 Å².